The molecule has 2 atom stereocenters. The number of carbonyl (C=O) groups excluding carboxylic acids is 1. The normalized spacial score (nSPS) is 20.7. The number of carbonyl (C=O) groups is 1. The van der Waals surface area contributed by atoms with Crippen LogP contribution in [0.5, 0.6) is 0 Å². The summed E-state index contributed by atoms with van der Waals surface area (Å²) >= 11 is 0. The van der Waals surface area contributed by atoms with Crippen molar-refractivity contribution in [3.8, 4) is 11.4 Å². The van der Waals surface area contributed by atoms with Gasteiger partial charge in [0.1, 0.15) is 17.3 Å². The lowest BCUT2D eigenvalue weighted by Crippen LogP contribution is -2.43. The Balaban J connectivity index is 1.86. The Labute approximate surface area is 159 Å². The molecule has 0 radical (unpaired) electrons. The Hall–Kier alpha value is -2.25. The van der Waals surface area contributed by atoms with Crippen molar-refractivity contribution in [2.45, 2.75) is 25.8 Å². The number of likely N-dealkylation sites (N-methyl/N-ethyl adjacent to an activating group) is 1. The van der Waals surface area contributed by atoms with Gasteiger partial charge in [0.2, 0.25) is 0 Å². The zero-order valence-electron chi connectivity index (χ0n) is 16.1. The van der Waals surface area contributed by atoms with Crippen molar-refractivity contribution in [3.63, 3.8) is 0 Å². The number of aryl methyl sites for hydroxylation is 1. The SMILES string of the molecule is Cc1[nH]c(-c2ccc(F)cc2)nc1C(=O)N1C[C@@H](CO)CC[C@@H](N(C)C)C1. The minimum Gasteiger partial charge on any atom is -0.396 e. The number of amides is 1. The second-order valence-electron chi connectivity index (χ2n) is 7.52. The van der Waals surface area contributed by atoms with E-state index in [9.17, 15) is 14.3 Å². The first-order valence-electron chi connectivity index (χ1n) is 9.28. The lowest BCUT2D eigenvalue weighted by atomic mass is 10.0. The van der Waals surface area contributed by atoms with E-state index in [0.717, 1.165) is 18.4 Å². The second-order valence-corrected chi connectivity index (χ2v) is 7.52. The van der Waals surface area contributed by atoms with E-state index < -0.39 is 0 Å². The lowest BCUT2D eigenvalue weighted by Gasteiger charge is -2.28. The number of hydrogen-bond donors (Lipinski definition) is 2. The van der Waals surface area contributed by atoms with E-state index in [1.54, 1.807) is 17.0 Å². The first-order chi connectivity index (χ1) is 12.9. The molecule has 1 aromatic heterocycles. The molecule has 2 N–H and O–H groups in total. The lowest BCUT2D eigenvalue weighted by molar-refractivity contribution is 0.0683. The van der Waals surface area contributed by atoms with Gasteiger partial charge in [0.05, 0.1) is 0 Å². The summed E-state index contributed by atoms with van der Waals surface area (Å²) in [4.78, 5) is 24.7. The number of aliphatic hydroxyl groups excluding tert-OH is 1. The van der Waals surface area contributed by atoms with Crippen LogP contribution in [-0.4, -0.2) is 70.6 Å². The van der Waals surface area contributed by atoms with Crippen molar-refractivity contribution < 1.29 is 14.3 Å². The monoisotopic (exact) mass is 374 g/mol. The van der Waals surface area contributed by atoms with Crippen molar-refractivity contribution in [1.29, 1.82) is 0 Å². The van der Waals surface area contributed by atoms with Gasteiger partial charge < -0.3 is 19.9 Å². The third-order valence-corrected chi connectivity index (χ3v) is 5.30. The zero-order chi connectivity index (χ0) is 19.6. The molecule has 0 bridgehead atoms. The topological polar surface area (TPSA) is 72.5 Å². The quantitative estimate of drug-likeness (QED) is 0.861. The van der Waals surface area contributed by atoms with Crippen LogP contribution >= 0.6 is 0 Å². The van der Waals surface area contributed by atoms with E-state index in [1.165, 1.54) is 12.1 Å². The first kappa shape index (κ1) is 19.5. The minimum atomic E-state index is -0.312. The Morgan fingerprint density at radius 1 is 1.30 bits per heavy atom. The molecule has 0 unspecified atom stereocenters. The Kier molecular flexibility index (Phi) is 5.92. The molecule has 3 rings (SSSR count). The van der Waals surface area contributed by atoms with Gasteiger partial charge in [-0.05, 0) is 64.0 Å². The average Bonchev–Trinajstić information content (AvgIpc) is 2.90. The van der Waals surface area contributed by atoms with Gasteiger partial charge in [0, 0.05) is 37.0 Å². The fraction of sp³-hybridized carbons (Fsp3) is 0.500. The molecule has 0 aliphatic carbocycles. The highest BCUT2D eigenvalue weighted by molar-refractivity contribution is 5.94. The smallest absolute Gasteiger partial charge is 0.274 e. The largest absolute Gasteiger partial charge is 0.396 e. The number of benzene rings is 1. The fourth-order valence-electron chi connectivity index (χ4n) is 3.55. The van der Waals surface area contributed by atoms with E-state index in [4.69, 9.17) is 0 Å². The number of nitrogens with one attached hydrogen (secondary N) is 1. The summed E-state index contributed by atoms with van der Waals surface area (Å²) in [5, 5.41) is 9.64. The molecule has 1 aliphatic rings. The van der Waals surface area contributed by atoms with E-state index in [0.29, 0.717) is 30.3 Å². The predicted octanol–water partition coefficient (Wildman–Crippen LogP) is 2.30. The summed E-state index contributed by atoms with van der Waals surface area (Å²) in [6.45, 7) is 3.03. The summed E-state index contributed by atoms with van der Waals surface area (Å²) in [5.41, 5.74) is 1.80. The molecule has 1 aliphatic heterocycles. The highest BCUT2D eigenvalue weighted by Crippen LogP contribution is 2.23. The maximum absolute atomic E-state index is 13.2. The highest BCUT2D eigenvalue weighted by atomic mass is 19.1. The summed E-state index contributed by atoms with van der Waals surface area (Å²) in [5.74, 6) is 0.181. The minimum absolute atomic E-state index is 0.0737. The summed E-state index contributed by atoms with van der Waals surface area (Å²) in [7, 11) is 4.03. The number of nitrogens with zero attached hydrogens (tertiary/aromatic N) is 3. The number of aromatic amines is 1. The second kappa shape index (κ2) is 8.19. The number of halogens is 1. The van der Waals surface area contributed by atoms with Crippen molar-refractivity contribution in [1.82, 2.24) is 19.8 Å². The zero-order valence-corrected chi connectivity index (χ0v) is 16.1. The predicted molar refractivity (Wildman–Crippen MR) is 102 cm³/mol. The molecule has 2 heterocycles. The molecule has 7 heteroatoms. The van der Waals surface area contributed by atoms with Gasteiger partial charge in [-0.15, -0.1) is 0 Å². The number of likely N-dealkylation sites (tertiary alicyclic amines) is 1. The van der Waals surface area contributed by atoms with Crippen LogP contribution in [0.2, 0.25) is 0 Å². The summed E-state index contributed by atoms with van der Waals surface area (Å²) < 4.78 is 13.2. The third-order valence-electron chi connectivity index (χ3n) is 5.30. The number of aliphatic hydroxyl groups is 1. The summed E-state index contributed by atoms with van der Waals surface area (Å²) in [6.07, 6.45) is 1.84. The van der Waals surface area contributed by atoms with Crippen molar-refractivity contribution in [2.75, 3.05) is 33.8 Å². The third kappa shape index (κ3) is 4.36. The molecule has 1 aromatic carbocycles. The number of H-pyrrole nitrogens is 1. The maximum atomic E-state index is 13.2. The molecule has 146 valence electrons. The molecular formula is C20H27FN4O2. The molecule has 0 spiro atoms. The van der Waals surface area contributed by atoms with Crippen LogP contribution in [0.25, 0.3) is 11.4 Å². The average molecular weight is 374 g/mol. The van der Waals surface area contributed by atoms with E-state index in [2.05, 4.69) is 14.9 Å². The molecular weight excluding hydrogens is 347 g/mol. The molecule has 27 heavy (non-hydrogen) atoms. The Bertz CT molecular complexity index is 788. The van der Waals surface area contributed by atoms with Crippen LogP contribution < -0.4 is 0 Å². The van der Waals surface area contributed by atoms with Crippen LogP contribution in [0.15, 0.2) is 24.3 Å². The Morgan fingerprint density at radius 2 is 2.00 bits per heavy atom. The van der Waals surface area contributed by atoms with Crippen LogP contribution in [0.4, 0.5) is 4.39 Å². The number of rotatable bonds is 4. The molecule has 2 aromatic rings. The summed E-state index contributed by atoms with van der Waals surface area (Å²) in [6, 6.07) is 6.27. The van der Waals surface area contributed by atoms with Gasteiger partial charge in [0.15, 0.2) is 0 Å². The van der Waals surface area contributed by atoms with E-state index in [-0.39, 0.29) is 30.3 Å². The molecule has 1 saturated heterocycles. The fourth-order valence-corrected chi connectivity index (χ4v) is 3.55. The van der Waals surface area contributed by atoms with Crippen LogP contribution in [-0.2, 0) is 0 Å². The van der Waals surface area contributed by atoms with Gasteiger partial charge in [-0.25, -0.2) is 9.37 Å². The van der Waals surface area contributed by atoms with Crippen LogP contribution in [0.3, 0.4) is 0 Å². The van der Waals surface area contributed by atoms with Gasteiger partial charge in [0.25, 0.3) is 5.91 Å². The van der Waals surface area contributed by atoms with Gasteiger partial charge in [-0.1, -0.05) is 0 Å². The van der Waals surface area contributed by atoms with Gasteiger partial charge in [-0.2, -0.15) is 0 Å². The first-order valence-corrected chi connectivity index (χ1v) is 9.28. The number of imidazole rings is 1. The Morgan fingerprint density at radius 3 is 2.63 bits per heavy atom. The standard InChI is InChI=1S/C20H27FN4O2/c1-13-18(23-19(22-13)15-5-7-16(21)8-6-15)20(27)25-10-14(12-26)4-9-17(11-25)24(2)3/h5-8,14,17,26H,4,9-12H2,1-3H3,(H,22,23)/t14-,17+/m0/s1. The van der Waals surface area contributed by atoms with Gasteiger partial charge >= 0.3 is 0 Å². The molecule has 0 saturated carbocycles. The molecule has 1 amide bonds. The van der Waals surface area contributed by atoms with Gasteiger partial charge in [-0.3, -0.25) is 4.79 Å². The maximum Gasteiger partial charge on any atom is 0.274 e. The van der Waals surface area contributed by atoms with Crippen LogP contribution in [0.1, 0.15) is 29.0 Å². The van der Waals surface area contributed by atoms with Crippen LogP contribution in [0, 0.1) is 18.7 Å². The molecule has 6 nitrogen and oxygen atoms in total. The number of hydrogen-bond acceptors (Lipinski definition) is 4. The van der Waals surface area contributed by atoms with E-state index >= 15 is 0 Å². The molecule has 1 fully saturated rings. The van der Waals surface area contributed by atoms with Crippen molar-refractivity contribution in [3.05, 3.63) is 41.5 Å². The van der Waals surface area contributed by atoms with Crippen molar-refractivity contribution in [2.24, 2.45) is 5.92 Å². The highest BCUT2D eigenvalue weighted by Gasteiger charge is 2.30. The van der Waals surface area contributed by atoms with Crippen molar-refractivity contribution >= 4 is 5.91 Å². The van der Waals surface area contributed by atoms with E-state index in [1.807, 2.05) is 21.0 Å². The number of aromatic nitrogens is 2.